The van der Waals surface area contributed by atoms with Crippen molar-refractivity contribution in [1.82, 2.24) is 30.0 Å². The van der Waals surface area contributed by atoms with Crippen molar-refractivity contribution in [3.05, 3.63) is 71.0 Å². The van der Waals surface area contributed by atoms with Crippen LogP contribution in [0.4, 0.5) is 0 Å². The van der Waals surface area contributed by atoms with E-state index >= 15 is 0 Å². The first-order valence-corrected chi connectivity index (χ1v) is 9.66. The highest BCUT2D eigenvalue weighted by atomic mass is 35.5. The van der Waals surface area contributed by atoms with Gasteiger partial charge in [-0.2, -0.15) is 0 Å². The molecule has 3 aromatic rings. The third-order valence-corrected chi connectivity index (χ3v) is 5.15. The molecule has 1 aliphatic rings. The standard InChI is InChI=1S/C20H21ClN6O/c21-18-7-5-16(6-8-18)14-25-9-2-10-26(12-11-25)20(28)17-3-1-4-19(13-17)27-15-22-23-24-27/h1,3-8,13,15H,2,9-12,14H2. The Hall–Kier alpha value is -2.77. The highest BCUT2D eigenvalue weighted by Gasteiger charge is 2.20. The molecular weight excluding hydrogens is 376 g/mol. The number of hydrogen-bond donors (Lipinski definition) is 0. The van der Waals surface area contributed by atoms with E-state index in [1.54, 1.807) is 4.68 Å². The molecule has 0 radical (unpaired) electrons. The molecule has 1 amide bonds. The lowest BCUT2D eigenvalue weighted by Gasteiger charge is -2.22. The van der Waals surface area contributed by atoms with Gasteiger partial charge in [-0.15, -0.1) is 5.10 Å². The maximum Gasteiger partial charge on any atom is 0.253 e. The van der Waals surface area contributed by atoms with Crippen LogP contribution in [0, 0.1) is 0 Å². The van der Waals surface area contributed by atoms with Crippen LogP contribution in [0.25, 0.3) is 5.69 Å². The van der Waals surface area contributed by atoms with Crippen LogP contribution in [0.15, 0.2) is 54.9 Å². The summed E-state index contributed by atoms with van der Waals surface area (Å²) in [5.74, 6) is 0.0447. The van der Waals surface area contributed by atoms with Crippen LogP contribution in [0.3, 0.4) is 0 Å². The van der Waals surface area contributed by atoms with E-state index in [1.165, 1.54) is 11.9 Å². The van der Waals surface area contributed by atoms with Gasteiger partial charge in [-0.1, -0.05) is 29.8 Å². The Bertz CT molecular complexity index is 928. The van der Waals surface area contributed by atoms with Crippen LogP contribution < -0.4 is 0 Å². The largest absolute Gasteiger partial charge is 0.337 e. The van der Waals surface area contributed by atoms with Crippen molar-refractivity contribution in [2.75, 3.05) is 26.2 Å². The van der Waals surface area contributed by atoms with Gasteiger partial charge >= 0.3 is 0 Å². The van der Waals surface area contributed by atoms with Crippen LogP contribution in [-0.4, -0.2) is 62.1 Å². The quantitative estimate of drug-likeness (QED) is 0.678. The molecule has 0 unspecified atom stereocenters. The molecule has 0 aliphatic carbocycles. The van der Waals surface area contributed by atoms with Gasteiger partial charge in [0.25, 0.3) is 5.91 Å². The fourth-order valence-electron chi connectivity index (χ4n) is 3.42. The molecule has 0 saturated carbocycles. The van der Waals surface area contributed by atoms with Gasteiger partial charge in [0, 0.05) is 43.3 Å². The Kier molecular flexibility index (Phi) is 5.64. The fraction of sp³-hybridized carbons (Fsp3) is 0.300. The van der Waals surface area contributed by atoms with Gasteiger partial charge in [0.1, 0.15) is 6.33 Å². The second kappa shape index (κ2) is 8.50. The zero-order valence-corrected chi connectivity index (χ0v) is 16.2. The summed E-state index contributed by atoms with van der Waals surface area (Å²) < 4.78 is 1.55. The van der Waals surface area contributed by atoms with E-state index in [0.717, 1.165) is 43.3 Å². The maximum absolute atomic E-state index is 13.0. The second-order valence-corrected chi connectivity index (χ2v) is 7.29. The average molecular weight is 397 g/mol. The SMILES string of the molecule is O=C(c1cccc(-n2cnnn2)c1)N1CCCN(Cc2ccc(Cl)cc2)CC1. The van der Waals surface area contributed by atoms with E-state index in [1.807, 2.05) is 41.3 Å². The van der Waals surface area contributed by atoms with Crippen LogP contribution in [0.5, 0.6) is 0 Å². The zero-order valence-electron chi connectivity index (χ0n) is 15.4. The van der Waals surface area contributed by atoms with Crippen molar-refractivity contribution in [1.29, 1.82) is 0 Å². The summed E-state index contributed by atoms with van der Waals surface area (Å²) in [6.07, 6.45) is 2.47. The molecule has 0 spiro atoms. The molecule has 7 nitrogen and oxygen atoms in total. The molecule has 0 bridgehead atoms. The number of nitrogens with zero attached hydrogens (tertiary/aromatic N) is 6. The third-order valence-electron chi connectivity index (χ3n) is 4.90. The first-order valence-electron chi connectivity index (χ1n) is 9.28. The molecule has 144 valence electrons. The van der Waals surface area contributed by atoms with E-state index in [2.05, 4.69) is 32.6 Å². The molecular formula is C20H21ClN6O. The Morgan fingerprint density at radius 3 is 2.68 bits per heavy atom. The highest BCUT2D eigenvalue weighted by molar-refractivity contribution is 6.30. The topological polar surface area (TPSA) is 67.2 Å². The lowest BCUT2D eigenvalue weighted by molar-refractivity contribution is 0.0761. The molecule has 8 heteroatoms. The van der Waals surface area contributed by atoms with Crippen LogP contribution >= 0.6 is 11.6 Å². The Labute approximate surface area is 168 Å². The Morgan fingerprint density at radius 2 is 1.89 bits per heavy atom. The monoisotopic (exact) mass is 396 g/mol. The smallest absolute Gasteiger partial charge is 0.253 e. The summed E-state index contributed by atoms with van der Waals surface area (Å²) in [5, 5.41) is 11.9. The molecule has 0 N–H and O–H groups in total. The molecule has 0 atom stereocenters. The van der Waals surface area contributed by atoms with Gasteiger partial charge in [-0.25, -0.2) is 4.68 Å². The average Bonchev–Trinajstić information content (AvgIpc) is 3.17. The van der Waals surface area contributed by atoms with Gasteiger partial charge in [-0.3, -0.25) is 9.69 Å². The molecule has 2 heterocycles. The number of hydrogen-bond acceptors (Lipinski definition) is 5. The third kappa shape index (κ3) is 4.37. The van der Waals surface area contributed by atoms with Crippen LogP contribution in [0.2, 0.25) is 5.02 Å². The van der Waals surface area contributed by atoms with Crippen molar-refractivity contribution in [3.63, 3.8) is 0 Å². The summed E-state index contributed by atoms with van der Waals surface area (Å²) in [5.41, 5.74) is 2.66. The highest BCUT2D eigenvalue weighted by Crippen LogP contribution is 2.16. The lowest BCUT2D eigenvalue weighted by Crippen LogP contribution is -2.35. The van der Waals surface area contributed by atoms with Crippen LogP contribution in [0.1, 0.15) is 22.3 Å². The molecule has 2 aromatic carbocycles. The first kappa shape index (κ1) is 18.6. The summed E-state index contributed by atoms with van der Waals surface area (Å²) >= 11 is 5.97. The number of carbonyl (C=O) groups excluding carboxylic acids is 1. The number of carbonyl (C=O) groups is 1. The predicted molar refractivity (Wildman–Crippen MR) is 106 cm³/mol. The fourth-order valence-corrected chi connectivity index (χ4v) is 3.55. The lowest BCUT2D eigenvalue weighted by atomic mass is 10.1. The zero-order chi connectivity index (χ0) is 19.3. The van der Waals surface area contributed by atoms with Gasteiger partial charge in [0.2, 0.25) is 0 Å². The second-order valence-electron chi connectivity index (χ2n) is 6.85. The van der Waals surface area contributed by atoms with Crippen molar-refractivity contribution < 1.29 is 4.79 Å². The predicted octanol–water partition coefficient (Wildman–Crippen LogP) is 2.66. The normalized spacial score (nSPS) is 15.4. The van der Waals surface area contributed by atoms with Crippen molar-refractivity contribution in [3.8, 4) is 5.69 Å². The van der Waals surface area contributed by atoms with Crippen molar-refractivity contribution in [2.45, 2.75) is 13.0 Å². The Morgan fingerprint density at radius 1 is 1.04 bits per heavy atom. The molecule has 1 saturated heterocycles. The molecule has 1 aromatic heterocycles. The summed E-state index contributed by atoms with van der Waals surface area (Å²) in [7, 11) is 0. The molecule has 4 rings (SSSR count). The number of benzene rings is 2. The number of tetrazole rings is 1. The minimum atomic E-state index is 0.0447. The van der Waals surface area contributed by atoms with Crippen molar-refractivity contribution >= 4 is 17.5 Å². The van der Waals surface area contributed by atoms with Gasteiger partial charge < -0.3 is 4.90 Å². The summed E-state index contributed by atoms with van der Waals surface area (Å²) in [6.45, 7) is 4.15. The minimum Gasteiger partial charge on any atom is -0.337 e. The van der Waals surface area contributed by atoms with E-state index in [-0.39, 0.29) is 5.91 Å². The van der Waals surface area contributed by atoms with E-state index in [4.69, 9.17) is 11.6 Å². The Balaban J connectivity index is 1.40. The number of halogens is 1. The number of aromatic nitrogens is 4. The molecule has 1 aliphatic heterocycles. The van der Waals surface area contributed by atoms with Crippen molar-refractivity contribution in [2.24, 2.45) is 0 Å². The summed E-state index contributed by atoms with van der Waals surface area (Å²) in [6, 6.07) is 15.4. The first-order chi connectivity index (χ1) is 13.7. The minimum absolute atomic E-state index is 0.0447. The van der Waals surface area contributed by atoms with Gasteiger partial charge in [0.15, 0.2) is 0 Å². The van der Waals surface area contributed by atoms with E-state index in [0.29, 0.717) is 12.1 Å². The summed E-state index contributed by atoms with van der Waals surface area (Å²) in [4.78, 5) is 17.3. The number of rotatable bonds is 4. The van der Waals surface area contributed by atoms with Crippen LogP contribution in [-0.2, 0) is 6.54 Å². The molecule has 28 heavy (non-hydrogen) atoms. The van der Waals surface area contributed by atoms with Gasteiger partial charge in [0.05, 0.1) is 5.69 Å². The van der Waals surface area contributed by atoms with E-state index < -0.39 is 0 Å². The maximum atomic E-state index is 13.0. The molecule has 1 fully saturated rings. The number of amides is 1. The van der Waals surface area contributed by atoms with E-state index in [9.17, 15) is 4.79 Å². The van der Waals surface area contributed by atoms with Gasteiger partial charge in [-0.05, 0) is 52.7 Å².